The smallest absolute Gasteiger partial charge is 0.241 e. The molecular formula is C13H20N4O3. The van der Waals surface area contributed by atoms with Crippen molar-refractivity contribution in [2.75, 3.05) is 46.9 Å². The number of hydrogen-bond acceptors (Lipinski definition) is 7. The van der Waals surface area contributed by atoms with Gasteiger partial charge in [0.2, 0.25) is 11.8 Å². The van der Waals surface area contributed by atoms with Gasteiger partial charge in [-0.05, 0) is 0 Å². The van der Waals surface area contributed by atoms with Gasteiger partial charge in [0.1, 0.15) is 11.8 Å². The number of rotatable bonds is 4. The van der Waals surface area contributed by atoms with Gasteiger partial charge < -0.3 is 14.6 Å². The van der Waals surface area contributed by atoms with E-state index >= 15 is 0 Å². The summed E-state index contributed by atoms with van der Waals surface area (Å²) in [5.41, 5.74) is 0.479. The van der Waals surface area contributed by atoms with Gasteiger partial charge in [-0.15, -0.1) is 0 Å². The van der Waals surface area contributed by atoms with Crippen LogP contribution >= 0.6 is 0 Å². The highest BCUT2D eigenvalue weighted by atomic mass is 16.5. The molecule has 0 radical (unpaired) electrons. The van der Waals surface area contributed by atoms with Gasteiger partial charge in [0.15, 0.2) is 0 Å². The average molecular weight is 280 g/mol. The number of hydrogen-bond donors (Lipinski definition) is 1. The van der Waals surface area contributed by atoms with Crippen LogP contribution in [0.15, 0.2) is 6.20 Å². The summed E-state index contributed by atoms with van der Waals surface area (Å²) in [6, 6.07) is 0.0501. The van der Waals surface area contributed by atoms with Crippen LogP contribution in [-0.2, 0) is 0 Å². The van der Waals surface area contributed by atoms with Crippen molar-refractivity contribution in [1.82, 2.24) is 19.8 Å². The molecule has 2 unspecified atom stereocenters. The van der Waals surface area contributed by atoms with Crippen molar-refractivity contribution in [1.29, 1.82) is 0 Å². The first-order chi connectivity index (χ1) is 9.72. The molecule has 3 aliphatic heterocycles. The zero-order chi connectivity index (χ0) is 14.1. The number of fused-ring (bicyclic) bond motifs is 3. The third-order valence-electron chi connectivity index (χ3n) is 4.11. The first-order valence-corrected chi connectivity index (χ1v) is 6.82. The van der Waals surface area contributed by atoms with Gasteiger partial charge in [0.05, 0.1) is 26.5 Å². The molecule has 7 nitrogen and oxygen atoms in total. The van der Waals surface area contributed by atoms with Crippen molar-refractivity contribution in [2.45, 2.75) is 12.1 Å². The van der Waals surface area contributed by atoms with Crippen molar-refractivity contribution in [3.8, 4) is 11.8 Å². The third kappa shape index (κ3) is 2.32. The van der Waals surface area contributed by atoms with E-state index in [1.807, 2.05) is 0 Å². The Hall–Kier alpha value is -1.44. The van der Waals surface area contributed by atoms with Gasteiger partial charge in [-0.3, -0.25) is 9.80 Å². The highest BCUT2D eigenvalue weighted by Gasteiger charge is 2.38. The molecule has 1 aromatic heterocycles. The zero-order valence-corrected chi connectivity index (χ0v) is 11.8. The molecule has 3 saturated heterocycles. The predicted octanol–water partition coefficient (Wildman–Crippen LogP) is -0.473. The fourth-order valence-corrected chi connectivity index (χ4v) is 2.96. The molecule has 20 heavy (non-hydrogen) atoms. The van der Waals surface area contributed by atoms with Crippen LogP contribution < -0.4 is 9.47 Å². The maximum atomic E-state index is 10.7. The molecular weight excluding hydrogens is 260 g/mol. The Morgan fingerprint density at radius 2 is 2.00 bits per heavy atom. The average Bonchev–Trinajstić information content (AvgIpc) is 2.54. The SMILES string of the molecule is COc1cnc(C(O)C2CN3CCN2CC3)c(OC)n1. The minimum atomic E-state index is -0.702. The summed E-state index contributed by atoms with van der Waals surface area (Å²) in [6.45, 7) is 5.00. The number of aliphatic hydroxyl groups excluding tert-OH is 1. The van der Waals surface area contributed by atoms with E-state index in [1.54, 1.807) is 0 Å². The Kier molecular flexibility index (Phi) is 3.73. The zero-order valence-electron chi connectivity index (χ0n) is 11.8. The van der Waals surface area contributed by atoms with Crippen molar-refractivity contribution in [3.05, 3.63) is 11.9 Å². The monoisotopic (exact) mass is 280 g/mol. The van der Waals surface area contributed by atoms with Crippen LogP contribution in [0.5, 0.6) is 11.8 Å². The lowest BCUT2D eigenvalue weighted by Gasteiger charge is -2.48. The minimum absolute atomic E-state index is 0.0501. The Morgan fingerprint density at radius 3 is 2.55 bits per heavy atom. The summed E-state index contributed by atoms with van der Waals surface area (Å²) < 4.78 is 10.3. The molecule has 0 saturated carbocycles. The summed E-state index contributed by atoms with van der Waals surface area (Å²) >= 11 is 0. The number of ether oxygens (including phenoxy) is 2. The predicted molar refractivity (Wildman–Crippen MR) is 71.9 cm³/mol. The topological polar surface area (TPSA) is 71.0 Å². The number of methoxy groups -OCH3 is 2. The first kappa shape index (κ1) is 13.5. The van der Waals surface area contributed by atoms with E-state index in [0.29, 0.717) is 17.5 Å². The molecule has 0 amide bonds. The van der Waals surface area contributed by atoms with Gasteiger partial charge in [-0.1, -0.05) is 0 Å². The summed E-state index contributed by atoms with van der Waals surface area (Å²) in [6.07, 6.45) is 0.809. The number of nitrogens with zero attached hydrogens (tertiary/aromatic N) is 4. The molecule has 3 aliphatic rings. The van der Waals surface area contributed by atoms with Crippen LogP contribution in [0.3, 0.4) is 0 Å². The van der Waals surface area contributed by atoms with Crippen LogP contribution in [0.4, 0.5) is 0 Å². The van der Waals surface area contributed by atoms with Crippen LogP contribution in [0.2, 0.25) is 0 Å². The number of piperazine rings is 3. The molecule has 1 aromatic rings. The summed E-state index contributed by atoms with van der Waals surface area (Å²) in [7, 11) is 3.05. The molecule has 0 aliphatic carbocycles. The van der Waals surface area contributed by atoms with Crippen LogP contribution in [0.25, 0.3) is 0 Å². The quantitative estimate of drug-likeness (QED) is 0.799. The van der Waals surface area contributed by atoms with Crippen molar-refractivity contribution in [3.63, 3.8) is 0 Å². The highest BCUT2D eigenvalue weighted by molar-refractivity contribution is 5.26. The molecule has 3 fully saturated rings. The summed E-state index contributed by atoms with van der Waals surface area (Å²) in [5.74, 6) is 0.710. The third-order valence-corrected chi connectivity index (χ3v) is 4.11. The van der Waals surface area contributed by atoms with E-state index in [2.05, 4.69) is 19.8 Å². The Morgan fingerprint density at radius 1 is 1.25 bits per heavy atom. The van der Waals surface area contributed by atoms with E-state index in [4.69, 9.17) is 9.47 Å². The lowest BCUT2D eigenvalue weighted by Crippen LogP contribution is -2.62. The van der Waals surface area contributed by atoms with Gasteiger partial charge in [-0.25, -0.2) is 4.98 Å². The Bertz CT molecular complexity index is 477. The fourth-order valence-electron chi connectivity index (χ4n) is 2.96. The lowest BCUT2D eigenvalue weighted by molar-refractivity contribution is -0.0491. The highest BCUT2D eigenvalue weighted by Crippen LogP contribution is 2.30. The molecule has 1 N–H and O–H groups in total. The molecule has 7 heteroatoms. The van der Waals surface area contributed by atoms with Crippen LogP contribution in [0, 0.1) is 0 Å². The van der Waals surface area contributed by atoms with Gasteiger partial charge in [0, 0.05) is 32.7 Å². The standard InChI is InChI=1S/C13H20N4O3/c1-19-10-7-14-11(13(15-10)20-2)12(18)9-8-16-3-5-17(9)6-4-16/h7,9,12,18H,3-6,8H2,1-2H3. The van der Waals surface area contributed by atoms with Crippen LogP contribution in [-0.4, -0.2) is 77.9 Å². The largest absolute Gasteiger partial charge is 0.480 e. The molecule has 110 valence electrons. The second-order valence-corrected chi connectivity index (χ2v) is 5.16. The molecule has 2 bridgehead atoms. The van der Waals surface area contributed by atoms with E-state index < -0.39 is 6.10 Å². The second-order valence-electron chi connectivity index (χ2n) is 5.16. The van der Waals surface area contributed by atoms with Crippen molar-refractivity contribution in [2.24, 2.45) is 0 Å². The summed E-state index contributed by atoms with van der Waals surface area (Å²) in [4.78, 5) is 13.1. The van der Waals surface area contributed by atoms with E-state index in [9.17, 15) is 5.11 Å². The molecule has 4 rings (SSSR count). The van der Waals surface area contributed by atoms with Gasteiger partial charge >= 0.3 is 0 Å². The van der Waals surface area contributed by atoms with Crippen molar-refractivity contribution < 1.29 is 14.6 Å². The summed E-state index contributed by atoms with van der Waals surface area (Å²) in [5, 5.41) is 10.7. The molecule has 0 spiro atoms. The first-order valence-electron chi connectivity index (χ1n) is 6.82. The fraction of sp³-hybridized carbons (Fsp3) is 0.692. The van der Waals surface area contributed by atoms with E-state index in [1.165, 1.54) is 20.4 Å². The minimum Gasteiger partial charge on any atom is -0.480 e. The maximum absolute atomic E-state index is 10.7. The molecule has 0 aromatic carbocycles. The Balaban J connectivity index is 1.84. The lowest BCUT2D eigenvalue weighted by atomic mass is 10.00. The second kappa shape index (κ2) is 5.51. The molecule has 4 heterocycles. The maximum Gasteiger partial charge on any atom is 0.241 e. The van der Waals surface area contributed by atoms with Crippen LogP contribution in [0.1, 0.15) is 11.8 Å². The number of aliphatic hydroxyl groups is 1. The van der Waals surface area contributed by atoms with E-state index in [0.717, 1.165) is 32.7 Å². The number of aromatic nitrogens is 2. The Labute approximate surface area is 118 Å². The van der Waals surface area contributed by atoms with Crippen molar-refractivity contribution >= 4 is 0 Å². The normalized spacial score (nSPS) is 30.1. The van der Waals surface area contributed by atoms with E-state index in [-0.39, 0.29) is 6.04 Å². The van der Waals surface area contributed by atoms with Gasteiger partial charge in [-0.2, -0.15) is 4.98 Å². The molecule has 2 atom stereocenters. The van der Waals surface area contributed by atoms with Gasteiger partial charge in [0.25, 0.3) is 0 Å².